The highest BCUT2D eigenvalue weighted by Gasteiger charge is 2.21. The van der Waals surface area contributed by atoms with E-state index in [1.54, 1.807) is 0 Å². The number of rotatable bonds is 11. The minimum absolute atomic E-state index is 0.283. The highest BCUT2D eigenvalue weighted by atomic mass is 32.2. The van der Waals surface area contributed by atoms with Gasteiger partial charge in [-0.1, -0.05) is 46.0 Å². The second-order valence-electron chi connectivity index (χ2n) is 4.98. The van der Waals surface area contributed by atoms with E-state index in [1.165, 1.54) is 0 Å². The Kier molecular flexibility index (Phi) is 9.68. The van der Waals surface area contributed by atoms with Gasteiger partial charge in [-0.2, -0.15) is 8.42 Å². The normalized spacial score (nSPS) is 15.6. The summed E-state index contributed by atoms with van der Waals surface area (Å²) in [6, 6.07) is 0. The second kappa shape index (κ2) is 9.75. The molecule has 0 aromatic rings. The van der Waals surface area contributed by atoms with Crippen LogP contribution in [0.4, 0.5) is 0 Å². The van der Waals surface area contributed by atoms with E-state index in [-0.39, 0.29) is 6.10 Å². The molecule has 2 atom stereocenters. The van der Waals surface area contributed by atoms with Crippen LogP contribution < -0.4 is 0 Å². The van der Waals surface area contributed by atoms with Crippen LogP contribution in [-0.4, -0.2) is 29.4 Å². The third kappa shape index (κ3) is 8.89. The molecule has 0 saturated heterocycles. The molecule has 18 heavy (non-hydrogen) atoms. The first-order valence-corrected chi connectivity index (χ1v) is 8.56. The molecular formula is C13H28O4S. The molecule has 0 spiro atoms. The number of unbranched alkanes of at least 4 members (excludes halogenated alkanes) is 3. The van der Waals surface area contributed by atoms with Crippen LogP contribution in [0.5, 0.6) is 0 Å². The Bertz CT molecular complexity index is 287. The summed E-state index contributed by atoms with van der Waals surface area (Å²) >= 11 is 0. The quantitative estimate of drug-likeness (QED) is 0.450. The molecule has 2 unspecified atom stereocenters. The minimum Gasteiger partial charge on any atom is -0.393 e. The van der Waals surface area contributed by atoms with Crippen LogP contribution in [0.1, 0.15) is 71.6 Å². The topological polar surface area (TPSA) is 74.6 Å². The van der Waals surface area contributed by atoms with E-state index in [9.17, 15) is 13.5 Å². The van der Waals surface area contributed by atoms with Gasteiger partial charge in [0.2, 0.25) is 0 Å². The molecule has 0 aromatic carbocycles. The number of aliphatic hydroxyl groups excluding tert-OH is 1. The van der Waals surface area contributed by atoms with E-state index >= 15 is 0 Å². The summed E-state index contributed by atoms with van der Waals surface area (Å²) in [7, 11) is -3.91. The van der Waals surface area contributed by atoms with E-state index in [0.717, 1.165) is 38.5 Å². The predicted molar refractivity (Wildman–Crippen MR) is 74.2 cm³/mol. The van der Waals surface area contributed by atoms with E-state index in [2.05, 4.69) is 6.92 Å². The van der Waals surface area contributed by atoms with Crippen molar-refractivity contribution >= 4 is 10.1 Å². The molecule has 0 heterocycles. The summed E-state index contributed by atoms with van der Waals surface area (Å²) in [5, 5.41) is 8.77. The lowest BCUT2D eigenvalue weighted by Crippen LogP contribution is -2.20. The van der Waals surface area contributed by atoms with E-state index < -0.39 is 15.4 Å². The SMILES string of the molecule is CCCCCC(CCCCC(O)CC)S(=O)(=O)O. The fraction of sp³-hybridized carbons (Fsp3) is 1.00. The van der Waals surface area contributed by atoms with Crippen molar-refractivity contribution in [3.63, 3.8) is 0 Å². The molecule has 0 bridgehead atoms. The van der Waals surface area contributed by atoms with Crippen molar-refractivity contribution in [2.24, 2.45) is 0 Å². The van der Waals surface area contributed by atoms with Gasteiger partial charge < -0.3 is 5.11 Å². The summed E-state index contributed by atoms with van der Waals surface area (Å²) < 4.78 is 31.6. The van der Waals surface area contributed by atoms with Crippen LogP contribution >= 0.6 is 0 Å². The average Bonchev–Trinajstić information content (AvgIpc) is 2.30. The zero-order valence-electron chi connectivity index (χ0n) is 11.6. The van der Waals surface area contributed by atoms with Crippen molar-refractivity contribution in [3.8, 4) is 0 Å². The van der Waals surface area contributed by atoms with Crippen LogP contribution in [0.15, 0.2) is 0 Å². The largest absolute Gasteiger partial charge is 0.393 e. The molecule has 4 nitrogen and oxygen atoms in total. The van der Waals surface area contributed by atoms with Crippen LogP contribution in [0.2, 0.25) is 0 Å². The standard InChI is InChI=1S/C13H28O4S/c1-3-5-6-10-13(18(15,16)17)11-8-7-9-12(14)4-2/h12-14H,3-11H2,1-2H3,(H,15,16,17). The molecule has 0 amide bonds. The molecule has 2 N–H and O–H groups in total. The first-order chi connectivity index (χ1) is 8.41. The van der Waals surface area contributed by atoms with Crippen molar-refractivity contribution in [3.05, 3.63) is 0 Å². The fourth-order valence-corrected chi connectivity index (χ4v) is 2.95. The number of hydrogen-bond donors (Lipinski definition) is 2. The predicted octanol–water partition coefficient (Wildman–Crippen LogP) is 3.15. The highest BCUT2D eigenvalue weighted by Crippen LogP contribution is 2.18. The van der Waals surface area contributed by atoms with Crippen molar-refractivity contribution in [2.45, 2.75) is 83.0 Å². The zero-order valence-corrected chi connectivity index (χ0v) is 12.5. The molecule has 110 valence electrons. The van der Waals surface area contributed by atoms with Crippen LogP contribution in [0.25, 0.3) is 0 Å². The Hall–Kier alpha value is -0.130. The van der Waals surface area contributed by atoms with Gasteiger partial charge >= 0.3 is 0 Å². The number of hydrogen-bond acceptors (Lipinski definition) is 3. The van der Waals surface area contributed by atoms with Gasteiger partial charge in [0.15, 0.2) is 0 Å². The van der Waals surface area contributed by atoms with Crippen molar-refractivity contribution < 1.29 is 18.1 Å². The van der Waals surface area contributed by atoms with Gasteiger partial charge in [0.25, 0.3) is 10.1 Å². The molecule has 5 heteroatoms. The minimum atomic E-state index is -3.91. The van der Waals surface area contributed by atoms with E-state index in [0.29, 0.717) is 19.3 Å². The Balaban J connectivity index is 3.95. The maximum absolute atomic E-state index is 11.2. The first kappa shape index (κ1) is 17.9. The summed E-state index contributed by atoms with van der Waals surface area (Å²) in [5.74, 6) is 0. The van der Waals surface area contributed by atoms with Crippen LogP contribution in [0, 0.1) is 0 Å². The lowest BCUT2D eigenvalue weighted by molar-refractivity contribution is 0.156. The maximum atomic E-state index is 11.2. The smallest absolute Gasteiger partial charge is 0.267 e. The molecule has 0 aromatic heterocycles. The molecule has 0 saturated carbocycles. The lowest BCUT2D eigenvalue weighted by Gasteiger charge is -2.14. The Morgan fingerprint density at radius 3 is 1.89 bits per heavy atom. The Morgan fingerprint density at radius 2 is 1.44 bits per heavy atom. The monoisotopic (exact) mass is 280 g/mol. The maximum Gasteiger partial charge on any atom is 0.267 e. The van der Waals surface area contributed by atoms with Crippen molar-refractivity contribution in [1.29, 1.82) is 0 Å². The van der Waals surface area contributed by atoms with Crippen molar-refractivity contribution in [2.75, 3.05) is 0 Å². The third-order valence-electron chi connectivity index (χ3n) is 3.34. The first-order valence-electron chi connectivity index (χ1n) is 7.06. The van der Waals surface area contributed by atoms with Gasteiger partial charge in [-0.15, -0.1) is 0 Å². The molecule has 0 aliphatic heterocycles. The van der Waals surface area contributed by atoms with Gasteiger partial charge in [-0.05, 0) is 25.7 Å². The zero-order chi connectivity index (χ0) is 14.0. The molecule has 0 radical (unpaired) electrons. The number of aliphatic hydroxyl groups is 1. The average molecular weight is 280 g/mol. The summed E-state index contributed by atoms with van der Waals surface area (Å²) in [6.45, 7) is 3.99. The Labute approximate surface area is 112 Å². The lowest BCUT2D eigenvalue weighted by atomic mass is 10.0. The molecule has 0 rings (SSSR count). The van der Waals surface area contributed by atoms with Gasteiger partial charge in [0, 0.05) is 0 Å². The summed E-state index contributed by atoms with van der Waals surface area (Å²) in [5.41, 5.74) is 0. The van der Waals surface area contributed by atoms with Gasteiger partial charge in [-0.25, -0.2) is 0 Å². The molecular weight excluding hydrogens is 252 g/mol. The molecule has 0 aliphatic rings. The summed E-state index contributed by atoms with van der Waals surface area (Å²) in [6.07, 6.45) is 6.65. The molecule has 0 fully saturated rings. The van der Waals surface area contributed by atoms with Gasteiger partial charge in [0.05, 0.1) is 11.4 Å². The highest BCUT2D eigenvalue weighted by molar-refractivity contribution is 7.86. The van der Waals surface area contributed by atoms with E-state index in [4.69, 9.17) is 4.55 Å². The third-order valence-corrected chi connectivity index (χ3v) is 4.65. The summed E-state index contributed by atoms with van der Waals surface area (Å²) in [4.78, 5) is 0. The fourth-order valence-electron chi connectivity index (χ4n) is 2.02. The molecule has 0 aliphatic carbocycles. The van der Waals surface area contributed by atoms with Crippen LogP contribution in [0.3, 0.4) is 0 Å². The second-order valence-corrected chi connectivity index (χ2v) is 6.68. The van der Waals surface area contributed by atoms with Gasteiger partial charge in [0.1, 0.15) is 0 Å². The van der Waals surface area contributed by atoms with E-state index in [1.807, 2.05) is 6.92 Å². The van der Waals surface area contributed by atoms with Crippen LogP contribution in [-0.2, 0) is 10.1 Å². The Morgan fingerprint density at radius 1 is 0.944 bits per heavy atom. The van der Waals surface area contributed by atoms with Gasteiger partial charge in [-0.3, -0.25) is 4.55 Å². The van der Waals surface area contributed by atoms with Crippen molar-refractivity contribution in [1.82, 2.24) is 0 Å².